The molecule has 1 aliphatic heterocycles. The molecule has 2 nitrogen and oxygen atoms in total. The van der Waals surface area contributed by atoms with Crippen LogP contribution in [0.3, 0.4) is 0 Å². The summed E-state index contributed by atoms with van der Waals surface area (Å²) in [6.07, 6.45) is 7.97. The summed E-state index contributed by atoms with van der Waals surface area (Å²) in [6, 6.07) is 0. The van der Waals surface area contributed by atoms with Crippen LogP contribution in [0.25, 0.3) is 0 Å². The molecular weight excluding hydrogens is 206 g/mol. The second kappa shape index (κ2) is 10.3. The van der Waals surface area contributed by atoms with Crippen molar-refractivity contribution < 1.29 is 4.74 Å². The Kier molecular flexibility index (Phi) is 10.1. The third-order valence-corrected chi connectivity index (χ3v) is 3.35. The van der Waals surface area contributed by atoms with Crippen molar-refractivity contribution in [1.82, 2.24) is 0 Å². The quantitative estimate of drug-likeness (QED) is 0.735. The normalized spacial score (nSPS) is 14.9. The lowest BCUT2D eigenvalue weighted by molar-refractivity contribution is 0.152. The summed E-state index contributed by atoms with van der Waals surface area (Å²) in [5, 5.41) is 0. The zero-order chi connectivity index (χ0) is 11.5. The van der Waals surface area contributed by atoms with Gasteiger partial charge in [-0.15, -0.1) is 0 Å². The molecule has 0 unspecified atom stereocenters. The number of thioether (sulfide) groups is 1. The number of rotatable bonds is 5. The van der Waals surface area contributed by atoms with Gasteiger partial charge in [0.2, 0.25) is 0 Å². The average molecular weight is 229 g/mol. The number of nitrogens with two attached hydrogens (primary N) is 1. The van der Waals surface area contributed by atoms with E-state index in [0.717, 1.165) is 32.5 Å². The van der Waals surface area contributed by atoms with E-state index in [2.05, 4.69) is 24.8 Å². The number of ether oxygens (including phenoxy) is 1. The summed E-state index contributed by atoms with van der Waals surface area (Å²) < 4.78 is 5.33. The number of hydrogen-bond donors (Lipinski definition) is 1. The molecular formula is C12H23NOS. The minimum Gasteiger partial charge on any atom is -0.381 e. The second-order valence-electron chi connectivity index (χ2n) is 2.98. The van der Waals surface area contributed by atoms with E-state index in [1.807, 2.05) is 18.7 Å². The minimum absolute atomic E-state index is 0.828. The van der Waals surface area contributed by atoms with Crippen LogP contribution in [0.5, 0.6) is 0 Å². The van der Waals surface area contributed by atoms with Gasteiger partial charge in [0.1, 0.15) is 0 Å². The Labute approximate surface area is 98.0 Å². The van der Waals surface area contributed by atoms with Crippen LogP contribution >= 0.6 is 11.8 Å². The average Bonchev–Trinajstić information content (AvgIpc) is 2.32. The molecule has 0 spiro atoms. The molecule has 1 aliphatic rings. The molecule has 0 bridgehead atoms. The molecule has 0 atom stereocenters. The Bertz CT molecular complexity index is 212. The van der Waals surface area contributed by atoms with E-state index in [1.165, 1.54) is 16.9 Å². The summed E-state index contributed by atoms with van der Waals surface area (Å²) in [7, 11) is 1.50. The molecule has 88 valence electrons. The van der Waals surface area contributed by atoms with E-state index in [9.17, 15) is 0 Å². The zero-order valence-electron chi connectivity index (χ0n) is 10.1. The van der Waals surface area contributed by atoms with Crippen molar-refractivity contribution in [2.75, 3.05) is 20.3 Å². The fourth-order valence-corrected chi connectivity index (χ4v) is 2.29. The highest BCUT2D eigenvalue weighted by molar-refractivity contribution is 8.06. The Morgan fingerprint density at radius 2 is 1.93 bits per heavy atom. The maximum absolute atomic E-state index is 5.33. The van der Waals surface area contributed by atoms with E-state index in [4.69, 9.17) is 4.74 Å². The Morgan fingerprint density at radius 3 is 2.53 bits per heavy atom. The predicted molar refractivity (Wildman–Crippen MR) is 69.9 cm³/mol. The predicted octanol–water partition coefficient (Wildman–Crippen LogP) is 3.30. The van der Waals surface area contributed by atoms with Crippen LogP contribution in [0.1, 0.15) is 33.1 Å². The summed E-state index contributed by atoms with van der Waals surface area (Å²) in [5.74, 6) is 0. The van der Waals surface area contributed by atoms with E-state index in [1.54, 1.807) is 0 Å². The van der Waals surface area contributed by atoms with E-state index < -0.39 is 0 Å². The fourth-order valence-electron chi connectivity index (χ4n) is 1.26. The van der Waals surface area contributed by atoms with Crippen molar-refractivity contribution >= 4 is 11.8 Å². The van der Waals surface area contributed by atoms with Crippen molar-refractivity contribution in [3.05, 3.63) is 22.0 Å². The Morgan fingerprint density at radius 1 is 1.27 bits per heavy atom. The molecule has 0 aromatic heterocycles. The molecule has 0 aromatic rings. The lowest BCUT2D eigenvalue weighted by atomic mass is 10.3. The molecule has 0 radical (unpaired) electrons. The third kappa shape index (κ3) is 6.77. The molecule has 15 heavy (non-hydrogen) atoms. The van der Waals surface area contributed by atoms with Crippen molar-refractivity contribution in [3.8, 4) is 0 Å². The summed E-state index contributed by atoms with van der Waals surface area (Å²) in [6.45, 7) is 5.95. The molecule has 3 heteroatoms. The SMILES string of the molecule is CCOCCC1=CCC=C(CC)S1.CN. The highest BCUT2D eigenvalue weighted by Crippen LogP contribution is 2.33. The molecule has 0 amide bonds. The fraction of sp³-hybridized carbons (Fsp3) is 0.667. The van der Waals surface area contributed by atoms with Gasteiger partial charge in [-0.2, -0.15) is 0 Å². The maximum atomic E-state index is 5.33. The standard InChI is InChI=1S/C11H18OS.CH5N/c1-3-10-6-5-7-11(13-10)8-9-12-4-2;1-2/h6-7H,3-5,8-9H2,1-2H3;2H2,1H3. The first-order valence-electron chi connectivity index (χ1n) is 5.58. The summed E-state index contributed by atoms with van der Waals surface area (Å²) >= 11 is 1.92. The molecule has 2 N–H and O–H groups in total. The van der Waals surface area contributed by atoms with Gasteiger partial charge in [0.15, 0.2) is 0 Å². The van der Waals surface area contributed by atoms with Gasteiger partial charge in [0.25, 0.3) is 0 Å². The summed E-state index contributed by atoms with van der Waals surface area (Å²) in [5.41, 5.74) is 4.50. The molecule has 0 aromatic carbocycles. The Balaban J connectivity index is 0.000000921. The zero-order valence-corrected chi connectivity index (χ0v) is 10.9. The van der Waals surface area contributed by atoms with Crippen LogP contribution in [0.2, 0.25) is 0 Å². The van der Waals surface area contributed by atoms with Gasteiger partial charge in [-0.05, 0) is 36.6 Å². The first-order valence-corrected chi connectivity index (χ1v) is 6.39. The van der Waals surface area contributed by atoms with E-state index in [0.29, 0.717) is 0 Å². The van der Waals surface area contributed by atoms with Crippen molar-refractivity contribution in [1.29, 1.82) is 0 Å². The Hall–Kier alpha value is -0.250. The van der Waals surface area contributed by atoms with Crippen LogP contribution in [0, 0.1) is 0 Å². The maximum Gasteiger partial charge on any atom is 0.0511 e. The largest absolute Gasteiger partial charge is 0.381 e. The van der Waals surface area contributed by atoms with Gasteiger partial charge in [-0.1, -0.05) is 30.8 Å². The van der Waals surface area contributed by atoms with E-state index in [-0.39, 0.29) is 0 Å². The first-order chi connectivity index (χ1) is 7.36. The molecule has 1 heterocycles. The monoisotopic (exact) mass is 229 g/mol. The molecule has 0 saturated carbocycles. The van der Waals surface area contributed by atoms with Gasteiger partial charge in [-0.25, -0.2) is 0 Å². The van der Waals surface area contributed by atoms with Crippen LogP contribution < -0.4 is 5.73 Å². The number of hydrogen-bond acceptors (Lipinski definition) is 3. The van der Waals surface area contributed by atoms with Crippen molar-refractivity contribution in [2.24, 2.45) is 5.73 Å². The van der Waals surface area contributed by atoms with Gasteiger partial charge < -0.3 is 10.5 Å². The van der Waals surface area contributed by atoms with Gasteiger partial charge in [0, 0.05) is 13.0 Å². The molecule has 0 saturated heterocycles. The van der Waals surface area contributed by atoms with Crippen LogP contribution in [-0.2, 0) is 4.74 Å². The van der Waals surface area contributed by atoms with Crippen molar-refractivity contribution in [2.45, 2.75) is 33.1 Å². The summed E-state index contributed by atoms with van der Waals surface area (Å²) in [4.78, 5) is 2.99. The van der Waals surface area contributed by atoms with Gasteiger partial charge in [0.05, 0.1) is 6.61 Å². The minimum atomic E-state index is 0.828. The van der Waals surface area contributed by atoms with Crippen LogP contribution in [0.15, 0.2) is 22.0 Å². The lowest BCUT2D eigenvalue weighted by Gasteiger charge is -2.13. The van der Waals surface area contributed by atoms with Crippen LogP contribution in [0.4, 0.5) is 0 Å². The first kappa shape index (κ1) is 14.8. The van der Waals surface area contributed by atoms with Gasteiger partial charge >= 0.3 is 0 Å². The van der Waals surface area contributed by atoms with Crippen molar-refractivity contribution in [3.63, 3.8) is 0 Å². The topological polar surface area (TPSA) is 35.2 Å². The number of allylic oxidation sites excluding steroid dienone is 3. The van der Waals surface area contributed by atoms with E-state index >= 15 is 0 Å². The highest BCUT2D eigenvalue weighted by atomic mass is 32.2. The second-order valence-corrected chi connectivity index (χ2v) is 4.23. The lowest BCUT2D eigenvalue weighted by Crippen LogP contribution is -1.95. The van der Waals surface area contributed by atoms with Crippen LogP contribution in [-0.4, -0.2) is 20.3 Å². The molecule has 1 rings (SSSR count). The third-order valence-electron chi connectivity index (χ3n) is 2.00. The highest BCUT2D eigenvalue weighted by Gasteiger charge is 2.05. The van der Waals surface area contributed by atoms with Gasteiger partial charge in [-0.3, -0.25) is 0 Å². The molecule has 0 fully saturated rings. The molecule has 0 aliphatic carbocycles. The smallest absolute Gasteiger partial charge is 0.0511 e.